The van der Waals surface area contributed by atoms with Gasteiger partial charge in [0.1, 0.15) is 0 Å². The van der Waals surface area contributed by atoms with Crippen molar-refractivity contribution in [3.63, 3.8) is 0 Å². The van der Waals surface area contributed by atoms with Crippen LogP contribution in [0, 0.1) is 10.1 Å². The summed E-state index contributed by atoms with van der Waals surface area (Å²) in [6, 6.07) is 18.7. The molecule has 8 nitrogen and oxygen atoms in total. The Morgan fingerprint density at radius 2 is 1.68 bits per heavy atom. The Morgan fingerprint density at radius 1 is 1.00 bits per heavy atom. The first-order valence-electron chi connectivity index (χ1n) is 9.15. The Kier molecular flexibility index (Phi) is 7.01. The first kappa shape index (κ1) is 22.4. The molecule has 0 spiro atoms. The molecule has 0 atom stereocenters. The Balaban J connectivity index is 1.62. The first-order chi connectivity index (χ1) is 14.8. The Hall–Kier alpha value is -3.27. The highest BCUT2D eigenvalue weighted by Gasteiger charge is 2.16. The van der Waals surface area contributed by atoms with E-state index in [1.54, 1.807) is 0 Å². The number of halogens is 1. The van der Waals surface area contributed by atoms with Crippen LogP contribution in [0.1, 0.15) is 15.9 Å². The van der Waals surface area contributed by atoms with E-state index in [1.807, 2.05) is 30.3 Å². The van der Waals surface area contributed by atoms with Crippen molar-refractivity contribution in [2.75, 3.05) is 11.9 Å². The van der Waals surface area contributed by atoms with E-state index in [0.717, 1.165) is 11.6 Å². The first-order valence-corrected chi connectivity index (χ1v) is 11.0. The molecule has 1 amide bonds. The third-order valence-corrected chi connectivity index (χ3v) is 6.17. The van der Waals surface area contributed by atoms with Crippen LogP contribution in [0.25, 0.3) is 0 Å². The van der Waals surface area contributed by atoms with Gasteiger partial charge in [-0.2, -0.15) is 0 Å². The minimum absolute atomic E-state index is 0.0616. The number of anilines is 1. The lowest BCUT2D eigenvalue weighted by Crippen LogP contribution is -2.26. The molecule has 0 bridgehead atoms. The zero-order chi connectivity index (χ0) is 22.4. The number of hydrogen-bond donors (Lipinski definition) is 2. The molecule has 10 heteroatoms. The number of carbonyl (C=O) groups is 1. The number of nitro benzene ring substituents is 1. The average molecular weight is 460 g/mol. The van der Waals surface area contributed by atoms with Crippen LogP contribution in [-0.2, 0) is 16.4 Å². The third-order valence-electron chi connectivity index (χ3n) is 4.38. The van der Waals surface area contributed by atoms with E-state index >= 15 is 0 Å². The predicted molar refractivity (Wildman–Crippen MR) is 118 cm³/mol. The molecule has 3 rings (SSSR count). The maximum atomic E-state index is 12.4. The van der Waals surface area contributed by atoms with Crippen molar-refractivity contribution in [2.45, 2.75) is 11.3 Å². The van der Waals surface area contributed by atoms with Crippen LogP contribution >= 0.6 is 11.6 Å². The van der Waals surface area contributed by atoms with E-state index in [9.17, 15) is 23.3 Å². The number of non-ortho nitro benzene ring substituents is 1. The van der Waals surface area contributed by atoms with Crippen molar-refractivity contribution in [3.8, 4) is 0 Å². The van der Waals surface area contributed by atoms with Crippen LogP contribution in [-0.4, -0.2) is 25.8 Å². The summed E-state index contributed by atoms with van der Waals surface area (Å²) in [7, 11) is -3.70. The summed E-state index contributed by atoms with van der Waals surface area (Å²) >= 11 is 5.96. The molecule has 0 aliphatic rings. The largest absolute Gasteiger partial charge is 0.322 e. The van der Waals surface area contributed by atoms with Gasteiger partial charge in [0.05, 0.1) is 20.4 Å². The molecule has 0 fully saturated rings. The molecule has 0 radical (unpaired) electrons. The van der Waals surface area contributed by atoms with Crippen molar-refractivity contribution in [3.05, 3.63) is 99.1 Å². The van der Waals surface area contributed by atoms with Gasteiger partial charge in [0.25, 0.3) is 11.6 Å². The Morgan fingerprint density at radius 3 is 2.29 bits per heavy atom. The number of carbonyl (C=O) groups excluding carboxylic acids is 1. The van der Waals surface area contributed by atoms with Gasteiger partial charge in [-0.25, -0.2) is 13.1 Å². The number of nitrogens with zero attached hydrogens (tertiary/aromatic N) is 1. The van der Waals surface area contributed by atoms with Crippen LogP contribution in [0.15, 0.2) is 77.7 Å². The van der Waals surface area contributed by atoms with Crippen molar-refractivity contribution in [2.24, 2.45) is 0 Å². The fourth-order valence-electron chi connectivity index (χ4n) is 2.78. The van der Waals surface area contributed by atoms with E-state index in [1.165, 1.54) is 36.4 Å². The lowest BCUT2D eigenvalue weighted by molar-refractivity contribution is -0.384. The van der Waals surface area contributed by atoms with E-state index in [-0.39, 0.29) is 27.7 Å². The number of nitrogens with one attached hydrogen (secondary N) is 2. The minimum atomic E-state index is -3.70. The number of benzene rings is 3. The molecule has 0 aliphatic carbocycles. The number of sulfonamides is 1. The summed E-state index contributed by atoms with van der Waals surface area (Å²) < 4.78 is 27.4. The zero-order valence-corrected chi connectivity index (χ0v) is 17.7. The van der Waals surface area contributed by atoms with Crippen LogP contribution in [0.4, 0.5) is 11.4 Å². The highest BCUT2D eigenvalue weighted by atomic mass is 35.5. The molecule has 31 heavy (non-hydrogen) atoms. The highest BCUT2D eigenvalue weighted by molar-refractivity contribution is 7.89. The maximum Gasteiger partial charge on any atom is 0.270 e. The molecule has 0 heterocycles. The molecule has 0 aliphatic heterocycles. The number of hydrogen-bond acceptors (Lipinski definition) is 5. The van der Waals surface area contributed by atoms with E-state index in [2.05, 4.69) is 10.0 Å². The van der Waals surface area contributed by atoms with Gasteiger partial charge in [-0.15, -0.1) is 0 Å². The second kappa shape index (κ2) is 9.69. The van der Waals surface area contributed by atoms with Gasteiger partial charge in [-0.1, -0.05) is 41.9 Å². The fourth-order valence-corrected chi connectivity index (χ4v) is 4.07. The number of nitro groups is 1. The maximum absolute atomic E-state index is 12.4. The van der Waals surface area contributed by atoms with E-state index < -0.39 is 20.9 Å². The molecular weight excluding hydrogens is 442 g/mol. The van der Waals surface area contributed by atoms with Crippen molar-refractivity contribution >= 4 is 38.9 Å². The summed E-state index contributed by atoms with van der Waals surface area (Å²) in [6.45, 7) is 0.253. The van der Waals surface area contributed by atoms with E-state index in [0.29, 0.717) is 12.1 Å². The molecule has 3 aromatic rings. The standard InChI is InChI=1S/C21H18ClN3O5S/c22-20-14-17(25(27)28)8-11-19(20)21(26)24-16-6-9-18(10-7-16)31(29,30)23-13-12-15-4-2-1-3-5-15/h1-11,14,23H,12-13H2,(H,24,26). The molecular formula is C21H18ClN3O5S. The van der Waals surface area contributed by atoms with Gasteiger partial charge >= 0.3 is 0 Å². The zero-order valence-electron chi connectivity index (χ0n) is 16.1. The average Bonchev–Trinajstić information content (AvgIpc) is 2.74. The molecule has 0 saturated heterocycles. The summed E-state index contributed by atoms with van der Waals surface area (Å²) in [5.74, 6) is -0.573. The summed E-state index contributed by atoms with van der Waals surface area (Å²) in [4.78, 5) is 22.6. The van der Waals surface area contributed by atoms with Gasteiger partial charge in [0, 0.05) is 24.4 Å². The molecule has 3 aromatic carbocycles. The molecule has 160 valence electrons. The van der Waals surface area contributed by atoms with E-state index in [4.69, 9.17) is 11.6 Å². The SMILES string of the molecule is O=C(Nc1ccc(S(=O)(=O)NCCc2ccccc2)cc1)c1ccc([N+](=O)[O-])cc1Cl. The molecule has 0 aromatic heterocycles. The van der Waals surface area contributed by atoms with Crippen molar-refractivity contribution < 1.29 is 18.1 Å². The third kappa shape index (κ3) is 5.88. The van der Waals surface area contributed by atoms with Gasteiger partial charge in [0.2, 0.25) is 10.0 Å². The predicted octanol–water partition coefficient (Wildman–Crippen LogP) is 4.02. The van der Waals surface area contributed by atoms with Crippen molar-refractivity contribution in [1.29, 1.82) is 0 Å². The lowest BCUT2D eigenvalue weighted by atomic mass is 10.2. The van der Waals surface area contributed by atoms with Crippen LogP contribution < -0.4 is 10.0 Å². The summed E-state index contributed by atoms with van der Waals surface area (Å²) in [6.07, 6.45) is 0.560. The van der Waals surface area contributed by atoms with Gasteiger partial charge in [-0.3, -0.25) is 14.9 Å². The van der Waals surface area contributed by atoms with Gasteiger partial charge in [-0.05, 0) is 42.3 Å². The Bertz CT molecular complexity index is 1200. The fraction of sp³-hybridized carbons (Fsp3) is 0.0952. The summed E-state index contributed by atoms with van der Waals surface area (Å²) in [5, 5.41) is 13.3. The quantitative estimate of drug-likeness (QED) is 0.389. The number of amides is 1. The topological polar surface area (TPSA) is 118 Å². The van der Waals surface area contributed by atoms with Gasteiger partial charge in [0.15, 0.2) is 0 Å². The monoisotopic (exact) mass is 459 g/mol. The smallest absolute Gasteiger partial charge is 0.270 e. The summed E-state index contributed by atoms with van der Waals surface area (Å²) in [5.41, 5.74) is 1.21. The second-order valence-electron chi connectivity index (χ2n) is 6.53. The van der Waals surface area contributed by atoms with Crippen LogP contribution in [0.2, 0.25) is 5.02 Å². The lowest BCUT2D eigenvalue weighted by Gasteiger charge is -2.09. The highest BCUT2D eigenvalue weighted by Crippen LogP contribution is 2.23. The molecule has 0 saturated carbocycles. The molecule has 0 unspecified atom stereocenters. The minimum Gasteiger partial charge on any atom is -0.322 e. The van der Waals surface area contributed by atoms with Crippen LogP contribution in [0.3, 0.4) is 0 Å². The second-order valence-corrected chi connectivity index (χ2v) is 8.71. The Labute approximate surface area is 184 Å². The molecule has 2 N–H and O–H groups in total. The van der Waals surface area contributed by atoms with Crippen molar-refractivity contribution in [1.82, 2.24) is 4.72 Å². The number of rotatable bonds is 8. The van der Waals surface area contributed by atoms with Crippen LogP contribution in [0.5, 0.6) is 0 Å². The normalized spacial score (nSPS) is 11.1. The van der Waals surface area contributed by atoms with Gasteiger partial charge < -0.3 is 5.32 Å².